The van der Waals surface area contributed by atoms with Crippen LogP contribution in [0, 0.1) is 19.8 Å². The number of rotatable bonds is 6. The molecule has 1 aromatic carbocycles. The van der Waals surface area contributed by atoms with Crippen molar-refractivity contribution in [3.05, 3.63) is 53.9 Å². The summed E-state index contributed by atoms with van der Waals surface area (Å²) in [6.07, 6.45) is 3.95. The van der Waals surface area contributed by atoms with Gasteiger partial charge in [0.1, 0.15) is 0 Å². The fourth-order valence-corrected chi connectivity index (χ4v) is 5.22. The molecule has 30 heavy (non-hydrogen) atoms. The SMILES string of the molecule is Cc1ccc(S(=O)(=O)N2CCC(C(=O)NCC(=O)Nc3cccnc3)CC2)c(C)c1. The van der Waals surface area contributed by atoms with E-state index >= 15 is 0 Å². The lowest BCUT2D eigenvalue weighted by Gasteiger charge is -2.31. The van der Waals surface area contributed by atoms with Crippen LogP contribution in [0.1, 0.15) is 24.0 Å². The molecule has 0 spiro atoms. The van der Waals surface area contributed by atoms with Gasteiger partial charge in [-0.1, -0.05) is 17.7 Å². The average molecular weight is 431 g/mol. The Balaban J connectivity index is 1.51. The number of hydrogen-bond acceptors (Lipinski definition) is 5. The Hall–Kier alpha value is -2.78. The molecule has 0 atom stereocenters. The maximum Gasteiger partial charge on any atom is 0.243 e. The molecule has 2 amide bonds. The van der Waals surface area contributed by atoms with Gasteiger partial charge in [0, 0.05) is 25.2 Å². The minimum absolute atomic E-state index is 0.144. The summed E-state index contributed by atoms with van der Waals surface area (Å²) in [5.41, 5.74) is 2.28. The van der Waals surface area contributed by atoms with E-state index in [1.807, 2.05) is 13.0 Å². The summed E-state index contributed by atoms with van der Waals surface area (Å²) in [6.45, 7) is 4.11. The van der Waals surface area contributed by atoms with Crippen molar-refractivity contribution in [1.29, 1.82) is 0 Å². The highest BCUT2D eigenvalue weighted by atomic mass is 32.2. The lowest BCUT2D eigenvalue weighted by Crippen LogP contribution is -2.44. The third kappa shape index (κ3) is 5.22. The summed E-state index contributed by atoms with van der Waals surface area (Å²) in [4.78, 5) is 28.6. The number of piperidine rings is 1. The normalized spacial score (nSPS) is 15.5. The lowest BCUT2D eigenvalue weighted by atomic mass is 9.97. The van der Waals surface area contributed by atoms with Crippen molar-refractivity contribution in [3.8, 4) is 0 Å². The molecule has 160 valence electrons. The standard InChI is InChI=1S/C21H26N4O4S/c1-15-5-6-19(16(2)12-15)30(28,29)25-10-7-17(8-11-25)21(27)23-14-20(26)24-18-4-3-9-22-13-18/h3-6,9,12-13,17H,7-8,10-11,14H2,1-2H3,(H,23,27)(H,24,26). The van der Waals surface area contributed by atoms with Gasteiger partial charge in [0.05, 0.1) is 23.3 Å². The molecule has 9 heteroatoms. The van der Waals surface area contributed by atoms with Crippen LogP contribution in [0.4, 0.5) is 5.69 Å². The van der Waals surface area contributed by atoms with Crippen molar-refractivity contribution in [2.24, 2.45) is 5.92 Å². The largest absolute Gasteiger partial charge is 0.347 e. The molecular formula is C21H26N4O4S. The third-order valence-electron chi connectivity index (χ3n) is 5.14. The number of pyridine rings is 1. The van der Waals surface area contributed by atoms with Gasteiger partial charge in [0.2, 0.25) is 21.8 Å². The molecule has 1 saturated heterocycles. The quantitative estimate of drug-likeness (QED) is 0.727. The van der Waals surface area contributed by atoms with E-state index in [9.17, 15) is 18.0 Å². The van der Waals surface area contributed by atoms with E-state index in [2.05, 4.69) is 15.6 Å². The molecular weight excluding hydrogens is 404 g/mol. The van der Waals surface area contributed by atoms with E-state index < -0.39 is 10.0 Å². The zero-order chi connectivity index (χ0) is 21.7. The first-order chi connectivity index (χ1) is 14.3. The minimum Gasteiger partial charge on any atom is -0.347 e. The molecule has 2 aromatic rings. The number of aromatic nitrogens is 1. The van der Waals surface area contributed by atoms with Gasteiger partial charge in [-0.2, -0.15) is 4.31 Å². The van der Waals surface area contributed by atoms with Gasteiger partial charge in [-0.15, -0.1) is 0 Å². The van der Waals surface area contributed by atoms with E-state index in [1.165, 1.54) is 10.5 Å². The first-order valence-corrected chi connectivity index (χ1v) is 11.3. The molecule has 0 bridgehead atoms. The summed E-state index contributed by atoms with van der Waals surface area (Å²) >= 11 is 0. The number of benzene rings is 1. The maximum absolute atomic E-state index is 13.0. The molecule has 3 rings (SSSR count). The van der Waals surface area contributed by atoms with Crippen LogP contribution in [0.15, 0.2) is 47.6 Å². The Morgan fingerprint density at radius 3 is 2.53 bits per heavy atom. The zero-order valence-corrected chi connectivity index (χ0v) is 17.9. The van der Waals surface area contributed by atoms with Gasteiger partial charge in [-0.3, -0.25) is 14.6 Å². The zero-order valence-electron chi connectivity index (χ0n) is 17.1. The molecule has 0 aliphatic carbocycles. The van der Waals surface area contributed by atoms with Gasteiger partial charge < -0.3 is 10.6 Å². The second-order valence-corrected chi connectivity index (χ2v) is 9.36. The number of carbonyl (C=O) groups is 2. The van der Waals surface area contributed by atoms with E-state index in [0.717, 1.165) is 11.1 Å². The van der Waals surface area contributed by atoms with Crippen LogP contribution in [-0.4, -0.2) is 49.2 Å². The van der Waals surface area contributed by atoms with Crippen molar-refractivity contribution >= 4 is 27.5 Å². The van der Waals surface area contributed by atoms with Crippen molar-refractivity contribution in [1.82, 2.24) is 14.6 Å². The summed E-state index contributed by atoms with van der Waals surface area (Å²) in [6, 6.07) is 8.69. The fraction of sp³-hybridized carbons (Fsp3) is 0.381. The number of nitrogens with zero attached hydrogens (tertiary/aromatic N) is 2. The highest BCUT2D eigenvalue weighted by molar-refractivity contribution is 7.89. The Kier molecular flexibility index (Phi) is 6.84. The molecule has 0 radical (unpaired) electrons. The molecule has 2 heterocycles. The number of anilines is 1. The molecule has 1 aromatic heterocycles. The molecule has 2 N–H and O–H groups in total. The summed E-state index contributed by atoms with van der Waals surface area (Å²) < 4.78 is 27.3. The number of amides is 2. The van der Waals surface area contributed by atoms with Gasteiger partial charge in [0.25, 0.3) is 0 Å². The Morgan fingerprint density at radius 2 is 1.90 bits per heavy atom. The maximum atomic E-state index is 13.0. The highest BCUT2D eigenvalue weighted by Gasteiger charge is 2.32. The molecule has 1 fully saturated rings. The second-order valence-electron chi connectivity index (χ2n) is 7.45. The van der Waals surface area contributed by atoms with Gasteiger partial charge in [-0.25, -0.2) is 8.42 Å². The molecule has 0 saturated carbocycles. The van der Waals surface area contributed by atoms with Crippen LogP contribution in [0.25, 0.3) is 0 Å². The highest BCUT2D eigenvalue weighted by Crippen LogP contribution is 2.26. The Morgan fingerprint density at radius 1 is 1.17 bits per heavy atom. The average Bonchev–Trinajstić information content (AvgIpc) is 2.72. The predicted molar refractivity (Wildman–Crippen MR) is 113 cm³/mol. The minimum atomic E-state index is -3.59. The second kappa shape index (κ2) is 9.36. The van der Waals surface area contributed by atoms with Crippen LogP contribution < -0.4 is 10.6 Å². The molecule has 1 aliphatic heterocycles. The summed E-state index contributed by atoms with van der Waals surface area (Å²) in [5, 5.41) is 5.28. The van der Waals surface area contributed by atoms with Gasteiger partial charge >= 0.3 is 0 Å². The van der Waals surface area contributed by atoms with Crippen molar-refractivity contribution < 1.29 is 18.0 Å². The monoisotopic (exact) mass is 430 g/mol. The van der Waals surface area contributed by atoms with Crippen LogP contribution in [0.3, 0.4) is 0 Å². The number of nitrogens with one attached hydrogen (secondary N) is 2. The summed E-state index contributed by atoms with van der Waals surface area (Å²) in [5.74, 6) is -0.895. The third-order valence-corrected chi connectivity index (χ3v) is 7.20. The van der Waals surface area contributed by atoms with Crippen molar-refractivity contribution in [2.45, 2.75) is 31.6 Å². The Bertz CT molecular complexity index is 1020. The van der Waals surface area contributed by atoms with E-state index in [-0.39, 0.29) is 37.4 Å². The number of carbonyl (C=O) groups excluding carboxylic acids is 2. The Labute approximate surface area is 176 Å². The van der Waals surface area contributed by atoms with Crippen LogP contribution in [0.2, 0.25) is 0 Å². The first-order valence-electron chi connectivity index (χ1n) is 9.82. The summed E-state index contributed by atoms with van der Waals surface area (Å²) in [7, 11) is -3.59. The number of hydrogen-bond donors (Lipinski definition) is 2. The fourth-order valence-electron chi connectivity index (χ4n) is 3.54. The van der Waals surface area contributed by atoms with Crippen LogP contribution in [0.5, 0.6) is 0 Å². The van der Waals surface area contributed by atoms with Gasteiger partial charge in [0.15, 0.2) is 0 Å². The molecule has 8 nitrogen and oxygen atoms in total. The van der Waals surface area contributed by atoms with E-state index in [0.29, 0.717) is 23.4 Å². The van der Waals surface area contributed by atoms with Crippen LogP contribution in [-0.2, 0) is 19.6 Å². The van der Waals surface area contributed by atoms with Gasteiger partial charge in [-0.05, 0) is 50.5 Å². The predicted octanol–water partition coefficient (Wildman–Crippen LogP) is 1.85. The van der Waals surface area contributed by atoms with Crippen molar-refractivity contribution in [2.75, 3.05) is 25.0 Å². The van der Waals surface area contributed by atoms with Crippen molar-refractivity contribution in [3.63, 3.8) is 0 Å². The van der Waals surface area contributed by atoms with Crippen LogP contribution >= 0.6 is 0 Å². The lowest BCUT2D eigenvalue weighted by molar-refractivity contribution is -0.128. The topological polar surface area (TPSA) is 108 Å². The first kappa shape index (κ1) is 21.9. The smallest absolute Gasteiger partial charge is 0.243 e. The number of aryl methyl sites for hydroxylation is 2. The number of sulfonamides is 1. The van der Waals surface area contributed by atoms with E-state index in [1.54, 1.807) is 37.4 Å². The molecule has 1 aliphatic rings. The van der Waals surface area contributed by atoms with E-state index in [4.69, 9.17) is 0 Å². The molecule has 0 unspecified atom stereocenters.